The zero-order valence-electron chi connectivity index (χ0n) is 15.4. The van der Waals surface area contributed by atoms with Crippen LogP contribution in [0, 0.1) is 0 Å². The number of H-pyrrole nitrogens is 1. The maximum Gasteiger partial charge on any atom is 0.264 e. The number of aromatic nitrogens is 3. The summed E-state index contributed by atoms with van der Waals surface area (Å²) in [5, 5.41) is 15.4. The number of fused-ring (bicyclic) bond motifs is 1. The van der Waals surface area contributed by atoms with Crippen molar-refractivity contribution >= 4 is 62.0 Å². The molecule has 144 valence electrons. The summed E-state index contributed by atoms with van der Waals surface area (Å²) in [5.74, 6) is -0.151. The van der Waals surface area contributed by atoms with Crippen LogP contribution in [0.2, 0.25) is 0 Å². The molecule has 2 aromatic heterocycles. The molecule has 3 heterocycles. The van der Waals surface area contributed by atoms with Crippen LogP contribution in [0.25, 0.3) is 17.0 Å². The lowest BCUT2D eigenvalue weighted by atomic mass is 10.2. The number of rotatable bonds is 6. The largest absolute Gasteiger partial charge is 0.360 e. The van der Waals surface area contributed by atoms with Crippen LogP contribution < -0.4 is 10.6 Å². The number of benzene rings is 1. The van der Waals surface area contributed by atoms with Crippen LogP contribution in [0.1, 0.15) is 4.88 Å². The van der Waals surface area contributed by atoms with E-state index in [1.54, 1.807) is 12.4 Å². The minimum atomic E-state index is -0.151. The van der Waals surface area contributed by atoms with Gasteiger partial charge < -0.3 is 15.5 Å². The minimum absolute atomic E-state index is 0.151. The normalized spacial score (nSPS) is 17.2. The zero-order chi connectivity index (χ0) is 19.5. The SMILES string of the molecule is CN(C)CCNc1ncc(C=C2SC(=Nc3ccc4cn[nH]c4c3)NC2=O)s1. The van der Waals surface area contributed by atoms with Crippen molar-refractivity contribution in [1.29, 1.82) is 0 Å². The van der Waals surface area contributed by atoms with E-state index in [0.717, 1.165) is 39.7 Å². The van der Waals surface area contributed by atoms with E-state index in [1.165, 1.54) is 23.1 Å². The van der Waals surface area contributed by atoms with Crippen LogP contribution in [0.4, 0.5) is 10.8 Å². The molecule has 1 amide bonds. The Balaban J connectivity index is 1.44. The molecule has 1 fully saturated rings. The number of aromatic amines is 1. The highest BCUT2D eigenvalue weighted by Gasteiger charge is 2.24. The molecule has 0 saturated carbocycles. The van der Waals surface area contributed by atoms with E-state index in [4.69, 9.17) is 0 Å². The van der Waals surface area contributed by atoms with Crippen LogP contribution in [-0.2, 0) is 4.79 Å². The third-order valence-corrected chi connectivity index (χ3v) is 5.75. The quantitative estimate of drug-likeness (QED) is 0.538. The van der Waals surface area contributed by atoms with Crippen LogP contribution in [0.3, 0.4) is 0 Å². The number of carbonyl (C=O) groups excluding carboxylic acids is 1. The molecule has 1 aliphatic heterocycles. The summed E-state index contributed by atoms with van der Waals surface area (Å²) in [7, 11) is 4.06. The molecule has 10 heteroatoms. The number of likely N-dealkylation sites (N-methyl/N-ethyl adjacent to an activating group) is 1. The molecule has 0 spiro atoms. The number of nitrogens with zero attached hydrogens (tertiary/aromatic N) is 4. The van der Waals surface area contributed by atoms with Gasteiger partial charge in [-0.2, -0.15) is 5.10 Å². The first-order valence-electron chi connectivity index (χ1n) is 8.64. The first-order valence-corrected chi connectivity index (χ1v) is 10.3. The van der Waals surface area contributed by atoms with Crippen LogP contribution in [0.15, 0.2) is 40.5 Å². The summed E-state index contributed by atoms with van der Waals surface area (Å²) in [6.07, 6.45) is 5.37. The van der Waals surface area contributed by atoms with Gasteiger partial charge in [0.25, 0.3) is 5.91 Å². The van der Waals surface area contributed by atoms with Crippen LogP contribution in [-0.4, -0.2) is 58.3 Å². The van der Waals surface area contributed by atoms with E-state index in [0.29, 0.717) is 10.1 Å². The topological polar surface area (TPSA) is 98.3 Å². The molecular weight excluding hydrogens is 394 g/mol. The Labute approximate surface area is 170 Å². The van der Waals surface area contributed by atoms with Gasteiger partial charge in [0.1, 0.15) is 0 Å². The van der Waals surface area contributed by atoms with Gasteiger partial charge in [-0.05, 0) is 50.1 Å². The summed E-state index contributed by atoms with van der Waals surface area (Å²) in [6, 6.07) is 5.74. The highest BCUT2D eigenvalue weighted by Crippen LogP contribution is 2.30. The Morgan fingerprint density at radius 2 is 2.21 bits per heavy atom. The predicted molar refractivity (Wildman–Crippen MR) is 116 cm³/mol. The molecule has 8 nitrogen and oxygen atoms in total. The van der Waals surface area contributed by atoms with Crippen molar-refractivity contribution in [3.63, 3.8) is 0 Å². The maximum absolute atomic E-state index is 12.3. The lowest BCUT2D eigenvalue weighted by Gasteiger charge is -2.08. The molecule has 0 atom stereocenters. The number of nitrogens with one attached hydrogen (secondary N) is 3. The third kappa shape index (κ3) is 4.41. The number of anilines is 1. The first kappa shape index (κ1) is 18.7. The number of hydrogen-bond acceptors (Lipinski definition) is 8. The van der Waals surface area contributed by atoms with Crippen molar-refractivity contribution in [3.05, 3.63) is 40.4 Å². The van der Waals surface area contributed by atoms with Crippen molar-refractivity contribution in [2.75, 3.05) is 32.5 Å². The average Bonchev–Trinajstić information content (AvgIpc) is 3.36. The average molecular weight is 414 g/mol. The lowest BCUT2D eigenvalue weighted by Crippen LogP contribution is -2.20. The summed E-state index contributed by atoms with van der Waals surface area (Å²) in [5.41, 5.74) is 1.66. The summed E-state index contributed by atoms with van der Waals surface area (Å²) in [6.45, 7) is 1.75. The Morgan fingerprint density at radius 1 is 1.32 bits per heavy atom. The molecule has 3 aromatic rings. The molecule has 1 aromatic carbocycles. The van der Waals surface area contributed by atoms with E-state index < -0.39 is 0 Å². The first-order chi connectivity index (χ1) is 13.6. The van der Waals surface area contributed by atoms with Crippen molar-refractivity contribution < 1.29 is 4.79 Å². The number of amidine groups is 1. The Morgan fingerprint density at radius 3 is 3.07 bits per heavy atom. The maximum atomic E-state index is 12.3. The second-order valence-corrected chi connectivity index (χ2v) is 8.51. The molecule has 4 rings (SSSR count). The van der Waals surface area contributed by atoms with Gasteiger partial charge in [-0.15, -0.1) is 0 Å². The van der Waals surface area contributed by atoms with Crippen molar-refractivity contribution in [3.8, 4) is 0 Å². The van der Waals surface area contributed by atoms with Gasteiger partial charge in [-0.3, -0.25) is 9.89 Å². The number of thiazole rings is 1. The van der Waals surface area contributed by atoms with Gasteiger partial charge in [-0.1, -0.05) is 11.3 Å². The number of carbonyl (C=O) groups is 1. The van der Waals surface area contributed by atoms with E-state index in [2.05, 4.69) is 35.7 Å². The molecule has 1 aliphatic rings. The number of amides is 1. The lowest BCUT2D eigenvalue weighted by molar-refractivity contribution is -0.115. The zero-order valence-corrected chi connectivity index (χ0v) is 17.0. The fourth-order valence-corrected chi connectivity index (χ4v) is 4.24. The molecule has 1 saturated heterocycles. The monoisotopic (exact) mass is 413 g/mol. The molecular formula is C18H19N7OS2. The summed E-state index contributed by atoms with van der Waals surface area (Å²) >= 11 is 2.84. The van der Waals surface area contributed by atoms with E-state index in [-0.39, 0.29) is 5.91 Å². The fourth-order valence-electron chi connectivity index (χ4n) is 2.54. The van der Waals surface area contributed by atoms with E-state index >= 15 is 0 Å². The van der Waals surface area contributed by atoms with Gasteiger partial charge in [0, 0.05) is 24.7 Å². The van der Waals surface area contributed by atoms with Crippen LogP contribution >= 0.6 is 23.1 Å². The molecule has 0 bridgehead atoms. The number of aliphatic imine (C=N–C) groups is 1. The summed E-state index contributed by atoms with van der Waals surface area (Å²) < 4.78 is 0. The van der Waals surface area contributed by atoms with Crippen molar-refractivity contribution in [1.82, 2.24) is 25.4 Å². The molecule has 3 N–H and O–H groups in total. The van der Waals surface area contributed by atoms with E-state index in [1.807, 2.05) is 38.4 Å². The number of thioether (sulfide) groups is 1. The molecule has 28 heavy (non-hydrogen) atoms. The van der Waals surface area contributed by atoms with Gasteiger partial charge in [0.15, 0.2) is 10.3 Å². The van der Waals surface area contributed by atoms with Crippen molar-refractivity contribution in [2.24, 2.45) is 4.99 Å². The molecule has 0 aliphatic carbocycles. The van der Waals surface area contributed by atoms with Gasteiger partial charge in [-0.25, -0.2) is 9.98 Å². The van der Waals surface area contributed by atoms with Gasteiger partial charge in [0.2, 0.25) is 0 Å². The standard InChI is InChI=1S/C18H19N7OS2/c1-25(2)6-5-19-17-20-10-13(27-17)8-15-16(26)23-18(28-15)22-12-4-3-11-9-21-24-14(11)7-12/h3-4,7-10H,5-6H2,1-2H3,(H,19,20)(H,21,24)(H,22,23,26). The second-order valence-electron chi connectivity index (χ2n) is 6.42. The number of hydrogen-bond donors (Lipinski definition) is 3. The smallest absolute Gasteiger partial charge is 0.264 e. The highest BCUT2D eigenvalue weighted by molar-refractivity contribution is 8.18. The minimum Gasteiger partial charge on any atom is -0.360 e. The van der Waals surface area contributed by atoms with Gasteiger partial charge >= 0.3 is 0 Å². The predicted octanol–water partition coefficient (Wildman–Crippen LogP) is 2.88. The second kappa shape index (κ2) is 8.13. The molecule has 0 radical (unpaired) electrons. The third-order valence-electron chi connectivity index (χ3n) is 3.94. The van der Waals surface area contributed by atoms with Crippen molar-refractivity contribution in [2.45, 2.75) is 0 Å². The van der Waals surface area contributed by atoms with Crippen LogP contribution in [0.5, 0.6) is 0 Å². The highest BCUT2D eigenvalue weighted by atomic mass is 32.2. The van der Waals surface area contributed by atoms with Gasteiger partial charge in [0.05, 0.1) is 27.2 Å². The Hall–Kier alpha value is -2.69. The van der Waals surface area contributed by atoms with E-state index in [9.17, 15) is 4.79 Å². The fraction of sp³-hybridized carbons (Fsp3) is 0.222. The summed E-state index contributed by atoms with van der Waals surface area (Å²) in [4.78, 5) is 24.8. The Bertz CT molecular complexity index is 1070. The Kier molecular flexibility index (Phi) is 5.42. The molecule has 0 unspecified atom stereocenters.